The van der Waals surface area contributed by atoms with Crippen molar-refractivity contribution in [2.45, 2.75) is 70.9 Å². The number of nitrogens with zero attached hydrogens (tertiary/aromatic N) is 2. The number of aryl methyl sites for hydroxylation is 2. The molecule has 3 nitrogen and oxygen atoms in total. The molecule has 18 heavy (non-hydrogen) atoms. The molecule has 0 radical (unpaired) electrons. The highest BCUT2D eigenvalue weighted by Gasteiger charge is 2.19. The Labute approximate surface area is 111 Å². The first-order chi connectivity index (χ1) is 8.90. The number of unbranched alkanes of at least 4 members (excludes halogenated alkanes) is 3. The molecule has 0 unspecified atom stereocenters. The van der Waals surface area contributed by atoms with Crippen LogP contribution < -0.4 is 5.32 Å². The van der Waals surface area contributed by atoms with Crippen molar-refractivity contribution >= 4 is 0 Å². The van der Waals surface area contributed by atoms with Crippen LogP contribution in [0, 0.1) is 0 Å². The Morgan fingerprint density at radius 3 is 2.89 bits per heavy atom. The molecule has 102 valence electrons. The van der Waals surface area contributed by atoms with Crippen LogP contribution in [-0.4, -0.2) is 22.1 Å². The molecule has 1 N–H and O–H groups in total. The fraction of sp³-hybridized carbons (Fsp3) is 0.800. The predicted octanol–water partition coefficient (Wildman–Crippen LogP) is 3.15. The molecular formula is C15H27N3. The second-order valence-electron chi connectivity index (χ2n) is 5.43. The molecule has 0 aliphatic heterocycles. The first-order valence-corrected chi connectivity index (χ1v) is 7.63. The van der Waals surface area contributed by atoms with Crippen LogP contribution in [0.3, 0.4) is 0 Å². The predicted molar refractivity (Wildman–Crippen MR) is 75.7 cm³/mol. The number of nitrogens with one attached hydrogen (secondary N) is 1. The average Bonchev–Trinajstić information content (AvgIpc) is 3.09. The highest BCUT2D eigenvalue weighted by Crippen LogP contribution is 2.18. The molecule has 1 heterocycles. The van der Waals surface area contributed by atoms with Crippen molar-refractivity contribution in [2.24, 2.45) is 0 Å². The third-order valence-electron chi connectivity index (χ3n) is 3.61. The van der Waals surface area contributed by atoms with Crippen LogP contribution in [0.1, 0.15) is 57.7 Å². The van der Waals surface area contributed by atoms with Crippen molar-refractivity contribution < 1.29 is 0 Å². The number of rotatable bonds is 10. The van der Waals surface area contributed by atoms with Crippen LogP contribution >= 0.6 is 0 Å². The summed E-state index contributed by atoms with van der Waals surface area (Å²) in [5.41, 5.74) is 0. The molecule has 1 aliphatic carbocycles. The number of imidazole rings is 1. The zero-order valence-corrected chi connectivity index (χ0v) is 11.7. The lowest BCUT2D eigenvalue weighted by Gasteiger charge is -2.07. The van der Waals surface area contributed by atoms with Gasteiger partial charge in [-0.1, -0.05) is 19.8 Å². The van der Waals surface area contributed by atoms with Gasteiger partial charge in [-0.05, 0) is 38.6 Å². The normalized spacial score (nSPS) is 15.2. The molecule has 1 saturated carbocycles. The van der Waals surface area contributed by atoms with E-state index >= 15 is 0 Å². The molecule has 0 spiro atoms. The van der Waals surface area contributed by atoms with Gasteiger partial charge in [0.05, 0.1) is 0 Å². The Morgan fingerprint density at radius 1 is 1.28 bits per heavy atom. The summed E-state index contributed by atoms with van der Waals surface area (Å²) in [4.78, 5) is 4.41. The summed E-state index contributed by atoms with van der Waals surface area (Å²) in [7, 11) is 0. The van der Waals surface area contributed by atoms with Gasteiger partial charge in [0.15, 0.2) is 0 Å². The number of aromatic nitrogens is 2. The second kappa shape index (κ2) is 7.57. The largest absolute Gasteiger partial charge is 0.335 e. The molecule has 3 heteroatoms. The van der Waals surface area contributed by atoms with Crippen LogP contribution in [0.2, 0.25) is 0 Å². The highest BCUT2D eigenvalue weighted by atomic mass is 15.1. The zero-order valence-electron chi connectivity index (χ0n) is 11.7. The van der Waals surface area contributed by atoms with E-state index in [1.165, 1.54) is 57.3 Å². The summed E-state index contributed by atoms with van der Waals surface area (Å²) in [6.45, 7) is 4.58. The maximum atomic E-state index is 4.41. The van der Waals surface area contributed by atoms with Gasteiger partial charge in [-0.2, -0.15) is 0 Å². The Balaban J connectivity index is 1.49. The highest BCUT2D eigenvalue weighted by molar-refractivity contribution is 4.92. The van der Waals surface area contributed by atoms with Crippen LogP contribution in [0.4, 0.5) is 0 Å². The van der Waals surface area contributed by atoms with Gasteiger partial charge in [-0.3, -0.25) is 0 Å². The summed E-state index contributed by atoms with van der Waals surface area (Å²) < 4.78 is 2.33. The second-order valence-corrected chi connectivity index (χ2v) is 5.43. The van der Waals surface area contributed by atoms with E-state index in [2.05, 4.69) is 28.0 Å². The third kappa shape index (κ3) is 4.81. The minimum atomic E-state index is 0.868. The van der Waals surface area contributed by atoms with Gasteiger partial charge in [0.25, 0.3) is 0 Å². The SMILES string of the molecule is CCCc1nccn1CCCCCCNC1CC1. The molecule has 0 saturated heterocycles. The van der Waals surface area contributed by atoms with Gasteiger partial charge in [0.2, 0.25) is 0 Å². The van der Waals surface area contributed by atoms with E-state index in [0.717, 1.165) is 19.0 Å². The van der Waals surface area contributed by atoms with Gasteiger partial charge in [-0.15, -0.1) is 0 Å². The lowest BCUT2D eigenvalue weighted by Crippen LogP contribution is -2.17. The van der Waals surface area contributed by atoms with Gasteiger partial charge >= 0.3 is 0 Å². The average molecular weight is 249 g/mol. The maximum absolute atomic E-state index is 4.41. The quantitative estimate of drug-likeness (QED) is 0.646. The number of hydrogen-bond donors (Lipinski definition) is 1. The van der Waals surface area contributed by atoms with Gasteiger partial charge < -0.3 is 9.88 Å². The molecule has 0 amide bonds. The van der Waals surface area contributed by atoms with E-state index < -0.39 is 0 Å². The van der Waals surface area contributed by atoms with Crippen molar-refractivity contribution in [2.75, 3.05) is 6.54 Å². The molecule has 1 fully saturated rings. The van der Waals surface area contributed by atoms with E-state index in [1.54, 1.807) is 0 Å². The smallest absolute Gasteiger partial charge is 0.108 e. The summed E-state index contributed by atoms with van der Waals surface area (Å²) in [5, 5.41) is 3.57. The molecule has 0 aromatic carbocycles. The Morgan fingerprint density at radius 2 is 2.11 bits per heavy atom. The summed E-state index contributed by atoms with van der Waals surface area (Å²) in [6.07, 6.45) is 14.5. The topological polar surface area (TPSA) is 29.9 Å². The molecule has 1 aromatic heterocycles. The van der Waals surface area contributed by atoms with Crippen LogP contribution in [0.15, 0.2) is 12.4 Å². The Kier molecular flexibility index (Phi) is 5.72. The molecular weight excluding hydrogens is 222 g/mol. The first kappa shape index (κ1) is 13.6. The third-order valence-corrected chi connectivity index (χ3v) is 3.61. The van der Waals surface area contributed by atoms with E-state index in [9.17, 15) is 0 Å². The Bertz CT molecular complexity index is 328. The molecule has 0 atom stereocenters. The van der Waals surface area contributed by atoms with Gasteiger partial charge in [0, 0.05) is 31.4 Å². The molecule has 2 rings (SSSR count). The summed E-state index contributed by atoms with van der Waals surface area (Å²) in [6, 6.07) is 0.868. The minimum Gasteiger partial charge on any atom is -0.335 e. The van der Waals surface area contributed by atoms with E-state index in [-0.39, 0.29) is 0 Å². The van der Waals surface area contributed by atoms with Gasteiger partial charge in [0.1, 0.15) is 5.82 Å². The monoisotopic (exact) mass is 249 g/mol. The van der Waals surface area contributed by atoms with Crippen LogP contribution in [-0.2, 0) is 13.0 Å². The summed E-state index contributed by atoms with van der Waals surface area (Å²) in [5.74, 6) is 1.26. The molecule has 1 aromatic rings. The number of hydrogen-bond acceptors (Lipinski definition) is 2. The molecule has 1 aliphatic rings. The molecule has 0 bridgehead atoms. The minimum absolute atomic E-state index is 0.868. The van der Waals surface area contributed by atoms with Crippen LogP contribution in [0.25, 0.3) is 0 Å². The summed E-state index contributed by atoms with van der Waals surface area (Å²) >= 11 is 0. The van der Waals surface area contributed by atoms with Crippen molar-refractivity contribution in [1.82, 2.24) is 14.9 Å². The Hall–Kier alpha value is -0.830. The zero-order chi connectivity index (χ0) is 12.6. The fourth-order valence-electron chi connectivity index (χ4n) is 2.35. The van der Waals surface area contributed by atoms with E-state index in [0.29, 0.717) is 0 Å². The lowest BCUT2D eigenvalue weighted by molar-refractivity contribution is 0.539. The van der Waals surface area contributed by atoms with Gasteiger partial charge in [-0.25, -0.2) is 4.98 Å². The van der Waals surface area contributed by atoms with E-state index in [4.69, 9.17) is 0 Å². The van der Waals surface area contributed by atoms with Crippen LogP contribution in [0.5, 0.6) is 0 Å². The van der Waals surface area contributed by atoms with E-state index in [1.807, 2.05) is 6.20 Å². The fourth-order valence-corrected chi connectivity index (χ4v) is 2.35. The lowest BCUT2D eigenvalue weighted by atomic mass is 10.2. The maximum Gasteiger partial charge on any atom is 0.108 e. The standard InChI is InChI=1S/C15H27N3/c1-2-7-15-17-11-13-18(15)12-6-4-3-5-10-16-14-8-9-14/h11,13-14,16H,2-10,12H2,1H3. The van der Waals surface area contributed by atoms with Crippen molar-refractivity contribution in [3.8, 4) is 0 Å². The van der Waals surface area contributed by atoms with Crippen molar-refractivity contribution in [1.29, 1.82) is 0 Å². The van der Waals surface area contributed by atoms with Crippen molar-refractivity contribution in [3.05, 3.63) is 18.2 Å². The first-order valence-electron chi connectivity index (χ1n) is 7.63. The van der Waals surface area contributed by atoms with Crippen molar-refractivity contribution in [3.63, 3.8) is 0 Å².